The molecule has 1 amide bonds. The lowest BCUT2D eigenvalue weighted by Crippen LogP contribution is -2.49. The second-order valence-corrected chi connectivity index (χ2v) is 3.22. The van der Waals surface area contributed by atoms with E-state index in [1.54, 1.807) is 0 Å². The maximum atomic E-state index is 11.2. The predicted octanol–water partition coefficient (Wildman–Crippen LogP) is -1.20. The van der Waals surface area contributed by atoms with E-state index in [4.69, 9.17) is 27.0 Å². The van der Waals surface area contributed by atoms with E-state index in [1.807, 2.05) is 0 Å². The molecule has 6 nitrogen and oxygen atoms in total. The molecule has 1 rings (SSSR count). The van der Waals surface area contributed by atoms with Gasteiger partial charge in [0.05, 0.1) is 19.3 Å². The molecule has 1 aliphatic rings. The average Bonchev–Trinajstić information content (AvgIpc) is 2.04. The van der Waals surface area contributed by atoms with Crippen molar-refractivity contribution in [2.45, 2.75) is 12.3 Å². The summed E-state index contributed by atoms with van der Waals surface area (Å²) in [5.74, 6) is -0.440. The van der Waals surface area contributed by atoms with Crippen LogP contribution in [-0.2, 0) is 14.3 Å². The Hall–Kier alpha value is -0.400. The summed E-state index contributed by atoms with van der Waals surface area (Å²) in [6.07, 6.45) is -0.916. The van der Waals surface area contributed by atoms with E-state index >= 15 is 0 Å². The van der Waals surface area contributed by atoms with Crippen LogP contribution in [0.1, 0.15) is 0 Å². The van der Waals surface area contributed by atoms with Crippen molar-refractivity contribution in [1.82, 2.24) is 9.95 Å². The zero-order valence-electron chi connectivity index (χ0n) is 7.20. The highest BCUT2D eigenvalue weighted by atomic mass is 35.5. The molecule has 0 saturated carbocycles. The number of hydrogen-bond acceptors (Lipinski definition) is 5. The lowest BCUT2D eigenvalue weighted by atomic mass is 10.3. The van der Waals surface area contributed by atoms with Crippen LogP contribution in [0.25, 0.3) is 0 Å². The summed E-state index contributed by atoms with van der Waals surface area (Å²) in [6, 6.07) is -0.169. The minimum absolute atomic E-state index is 0.169. The number of hydrogen-bond donors (Lipinski definition) is 2. The molecule has 76 valence electrons. The molecular formula is C6H12ClN3O3. The number of amides is 1. The number of carbonyl (C=O) groups is 1. The molecule has 0 aromatic heterocycles. The first-order valence-corrected chi connectivity index (χ1v) is 4.12. The summed E-state index contributed by atoms with van der Waals surface area (Å²) in [7, 11) is 1.48. The van der Waals surface area contributed by atoms with Crippen molar-refractivity contribution in [3.8, 4) is 0 Å². The smallest absolute Gasteiger partial charge is 0.292 e. The van der Waals surface area contributed by atoms with Crippen molar-refractivity contribution in [3.63, 3.8) is 0 Å². The maximum absolute atomic E-state index is 11.2. The summed E-state index contributed by atoms with van der Waals surface area (Å²) >= 11 is 5.39. The summed E-state index contributed by atoms with van der Waals surface area (Å²) < 4.78 is 11.0. The standard InChI is InChI=1S/C6H12ClN3O3/c1-10(7)9-5(11)6-12-2-4(8)3-13-6/h4,6H,2-3,8H2,1H3,(H,9,11)/t4-,6-. The number of nitrogens with zero attached hydrogens (tertiary/aromatic N) is 1. The molecule has 0 bridgehead atoms. The average molecular weight is 210 g/mol. The fourth-order valence-electron chi connectivity index (χ4n) is 0.874. The molecule has 0 atom stereocenters. The van der Waals surface area contributed by atoms with Crippen molar-refractivity contribution in [1.29, 1.82) is 0 Å². The zero-order chi connectivity index (χ0) is 9.84. The van der Waals surface area contributed by atoms with Crippen LogP contribution >= 0.6 is 11.8 Å². The number of ether oxygens (including phenoxy) is 2. The van der Waals surface area contributed by atoms with Gasteiger partial charge in [0.25, 0.3) is 5.91 Å². The monoisotopic (exact) mass is 209 g/mol. The van der Waals surface area contributed by atoms with E-state index in [-0.39, 0.29) is 6.04 Å². The molecule has 0 aromatic rings. The Kier molecular flexibility index (Phi) is 3.89. The summed E-state index contributed by atoms with van der Waals surface area (Å²) in [6.45, 7) is 0.619. The third-order valence-electron chi connectivity index (χ3n) is 1.40. The fourth-order valence-corrected chi connectivity index (χ4v) is 0.957. The van der Waals surface area contributed by atoms with Gasteiger partial charge in [0.15, 0.2) is 0 Å². The van der Waals surface area contributed by atoms with E-state index in [1.165, 1.54) is 7.05 Å². The third kappa shape index (κ3) is 3.45. The molecule has 0 aromatic carbocycles. The number of halogens is 1. The molecule has 1 fully saturated rings. The summed E-state index contributed by atoms with van der Waals surface area (Å²) in [5, 5.41) is 0. The van der Waals surface area contributed by atoms with Crippen LogP contribution in [0.2, 0.25) is 0 Å². The molecule has 0 aliphatic carbocycles. The molecule has 0 spiro atoms. The van der Waals surface area contributed by atoms with Crippen molar-refractivity contribution >= 4 is 17.7 Å². The Morgan fingerprint density at radius 2 is 2.15 bits per heavy atom. The molecule has 7 heteroatoms. The Bertz CT molecular complexity index is 182. The van der Waals surface area contributed by atoms with E-state index in [9.17, 15) is 4.79 Å². The molecular weight excluding hydrogens is 198 g/mol. The van der Waals surface area contributed by atoms with E-state index in [2.05, 4.69) is 5.43 Å². The highest BCUT2D eigenvalue weighted by Crippen LogP contribution is 2.04. The van der Waals surface area contributed by atoms with Gasteiger partial charge in [-0.3, -0.25) is 10.2 Å². The maximum Gasteiger partial charge on any atom is 0.292 e. The first kappa shape index (κ1) is 10.7. The summed E-state index contributed by atoms with van der Waals surface area (Å²) in [4.78, 5) is 11.2. The summed E-state index contributed by atoms with van der Waals surface area (Å²) in [5.41, 5.74) is 7.78. The van der Waals surface area contributed by atoms with Crippen LogP contribution in [0.15, 0.2) is 0 Å². The number of hydrazine groups is 1. The quantitative estimate of drug-likeness (QED) is 0.442. The Balaban J connectivity index is 2.31. The highest BCUT2D eigenvalue weighted by molar-refractivity contribution is 6.13. The van der Waals surface area contributed by atoms with Gasteiger partial charge in [0.1, 0.15) is 0 Å². The predicted molar refractivity (Wildman–Crippen MR) is 45.4 cm³/mol. The number of rotatable bonds is 2. The topological polar surface area (TPSA) is 76.8 Å². The van der Waals surface area contributed by atoms with E-state index in [0.717, 1.165) is 4.53 Å². The van der Waals surface area contributed by atoms with E-state index < -0.39 is 12.2 Å². The van der Waals surface area contributed by atoms with Gasteiger partial charge in [0, 0.05) is 7.05 Å². The van der Waals surface area contributed by atoms with Gasteiger partial charge in [-0.25, -0.2) is 0 Å². The Labute approximate surface area is 81.0 Å². The van der Waals surface area contributed by atoms with Gasteiger partial charge in [-0.2, -0.15) is 0 Å². The molecule has 1 heterocycles. The van der Waals surface area contributed by atoms with Crippen LogP contribution in [0.5, 0.6) is 0 Å². The first-order chi connectivity index (χ1) is 6.09. The van der Waals surface area contributed by atoms with Crippen LogP contribution in [0.3, 0.4) is 0 Å². The van der Waals surface area contributed by atoms with Crippen LogP contribution in [0, 0.1) is 0 Å². The van der Waals surface area contributed by atoms with Crippen molar-refractivity contribution < 1.29 is 14.3 Å². The normalized spacial score (nSPS) is 28.9. The van der Waals surface area contributed by atoms with Crippen LogP contribution in [0.4, 0.5) is 0 Å². The lowest BCUT2D eigenvalue weighted by Gasteiger charge is -2.26. The minimum Gasteiger partial charge on any atom is -0.343 e. The third-order valence-corrected chi connectivity index (χ3v) is 1.49. The number of nitrogens with one attached hydrogen (secondary N) is 1. The van der Waals surface area contributed by atoms with Gasteiger partial charge in [-0.15, -0.1) is 4.53 Å². The van der Waals surface area contributed by atoms with Gasteiger partial charge in [-0.05, 0) is 11.8 Å². The van der Waals surface area contributed by atoms with Crippen LogP contribution in [-0.4, -0.2) is 43.0 Å². The zero-order valence-corrected chi connectivity index (χ0v) is 7.95. The molecule has 1 saturated heterocycles. The molecule has 0 unspecified atom stereocenters. The number of nitrogens with two attached hydrogens (primary N) is 1. The minimum atomic E-state index is -0.916. The number of carbonyl (C=O) groups excluding carboxylic acids is 1. The van der Waals surface area contributed by atoms with Crippen LogP contribution < -0.4 is 11.2 Å². The van der Waals surface area contributed by atoms with Gasteiger partial charge >= 0.3 is 0 Å². The van der Waals surface area contributed by atoms with Crippen molar-refractivity contribution in [2.24, 2.45) is 5.73 Å². The molecule has 0 radical (unpaired) electrons. The molecule has 3 N–H and O–H groups in total. The van der Waals surface area contributed by atoms with Gasteiger partial charge in [-0.1, -0.05) is 0 Å². The second kappa shape index (κ2) is 4.73. The first-order valence-electron chi connectivity index (χ1n) is 3.78. The molecule has 1 aliphatic heterocycles. The van der Waals surface area contributed by atoms with E-state index in [0.29, 0.717) is 13.2 Å². The Morgan fingerprint density at radius 3 is 2.62 bits per heavy atom. The van der Waals surface area contributed by atoms with Gasteiger partial charge < -0.3 is 15.2 Å². The SMILES string of the molecule is CN(Cl)NC(=O)[C@H]1OC[C@H](N)CO1. The molecule has 13 heavy (non-hydrogen) atoms. The largest absolute Gasteiger partial charge is 0.343 e. The van der Waals surface area contributed by atoms with Gasteiger partial charge in [0.2, 0.25) is 6.29 Å². The Morgan fingerprint density at radius 1 is 1.62 bits per heavy atom. The second-order valence-electron chi connectivity index (χ2n) is 2.71. The highest BCUT2D eigenvalue weighted by Gasteiger charge is 2.26. The lowest BCUT2D eigenvalue weighted by molar-refractivity contribution is -0.196. The fraction of sp³-hybridized carbons (Fsp3) is 0.833. The van der Waals surface area contributed by atoms with Crippen molar-refractivity contribution in [2.75, 3.05) is 20.3 Å². The van der Waals surface area contributed by atoms with Crippen molar-refractivity contribution in [3.05, 3.63) is 0 Å².